The number of aromatic nitrogens is 2. The van der Waals surface area contributed by atoms with Crippen LogP contribution in [0.1, 0.15) is 25.7 Å². The van der Waals surface area contributed by atoms with Gasteiger partial charge in [0.1, 0.15) is 6.54 Å². The highest BCUT2D eigenvalue weighted by molar-refractivity contribution is 5.94. The van der Waals surface area contributed by atoms with Crippen LogP contribution in [0.2, 0.25) is 0 Å². The molecule has 9 heteroatoms. The topological polar surface area (TPSA) is 94.9 Å². The molecule has 3 aromatic rings. The van der Waals surface area contributed by atoms with Gasteiger partial charge in [-0.15, -0.1) is 0 Å². The number of hydrogen-bond donors (Lipinski definition) is 1. The lowest BCUT2D eigenvalue weighted by Gasteiger charge is -2.25. The van der Waals surface area contributed by atoms with Crippen LogP contribution in [-0.2, 0) is 14.3 Å². The number of nitrogens with one attached hydrogen (secondary N) is 1. The third kappa shape index (κ3) is 6.29. The van der Waals surface area contributed by atoms with Crippen LogP contribution >= 0.6 is 0 Å². The number of carbonyl (C=O) groups is 2. The molecule has 1 N–H and O–H groups in total. The van der Waals surface area contributed by atoms with Gasteiger partial charge in [0.25, 0.3) is 0 Å². The first kappa shape index (κ1) is 26.2. The van der Waals surface area contributed by atoms with E-state index in [1.54, 1.807) is 36.9 Å². The van der Waals surface area contributed by atoms with Crippen LogP contribution < -0.4 is 14.8 Å². The number of hydrogen-bond acceptors (Lipinski definition) is 6. The Morgan fingerprint density at radius 2 is 1.76 bits per heavy atom. The van der Waals surface area contributed by atoms with Gasteiger partial charge in [-0.1, -0.05) is 43.2 Å². The number of anilines is 1. The Hall–Kier alpha value is -3.85. The van der Waals surface area contributed by atoms with E-state index in [0.717, 1.165) is 36.9 Å². The largest absolute Gasteiger partial charge is 0.493 e. The maximum atomic E-state index is 13.2. The van der Waals surface area contributed by atoms with Gasteiger partial charge in [-0.2, -0.15) is 0 Å². The van der Waals surface area contributed by atoms with Crippen molar-refractivity contribution in [3.63, 3.8) is 0 Å². The summed E-state index contributed by atoms with van der Waals surface area (Å²) < 4.78 is 17.8. The molecule has 0 spiro atoms. The Kier molecular flexibility index (Phi) is 8.79. The first-order valence-electron chi connectivity index (χ1n) is 12.5. The molecule has 0 radical (unpaired) electrons. The second kappa shape index (κ2) is 12.4. The van der Waals surface area contributed by atoms with E-state index in [1.807, 2.05) is 48.7 Å². The highest BCUT2D eigenvalue weighted by Gasteiger charge is 2.28. The molecule has 0 atom stereocenters. The van der Waals surface area contributed by atoms with Crippen LogP contribution in [0, 0.1) is 5.92 Å². The SMILES string of the molecule is COCCN(CC(=O)Nc1nc(-c2ccccc2)cn1-c1ccc(OC)c(OC)c1)C(=O)C1CCCC1. The van der Waals surface area contributed by atoms with Crippen LogP contribution in [0.4, 0.5) is 5.95 Å². The third-order valence-electron chi connectivity index (χ3n) is 6.59. The molecule has 196 valence electrons. The molecular formula is C28H34N4O5. The van der Waals surface area contributed by atoms with Gasteiger partial charge in [0.15, 0.2) is 11.5 Å². The minimum Gasteiger partial charge on any atom is -0.493 e. The number of ether oxygens (including phenoxy) is 3. The van der Waals surface area contributed by atoms with Gasteiger partial charge < -0.3 is 19.1 Å². The van der Waals surface area contributed by atoms with Crippen LogP contribution in [0.3, 0.4) is 0 Å². The molecule has 1 aliphatic rings. The van der Waals surface area contributed by atoms with Crippen molar-refractivity contribution in [2.24, 2.45) is 5.92 Å². The van der Waals surface area contributed by atoms with Crippen LogP contribution in [0.5, 0.6) is 11.5 Å². The number of benzene rings is 2. The third-order valence-corrected chi connectivity index (χ3v) is 6.59. The predicted octanol–water partition coefficient (Wildman–Crippen LogP) is 4.16. The van der Waals surface area contributed by atoms with Crippen LogP contribution in [-0.4, -0.2) is 67.3 Å². The zero-order chi connectivity index (χ0) is 26.2. The summed E-state index contributed by atoms with van der Waals surface area (Å²) in [4.78, 5) is 32.6. The number of methoxy groups -OCH3 is 3. The molecule has 37 heavy (non-hydrogen) atoms. The Morgan fingerprint density at radius 1 is 1.03 bits per heavy atom. The molecule has 1 saturated carbocycles. The van der Waals surface area contributed by atoms with Crippen LogP contribution in [0.25, 0.3) is 16.9 Å². The molecule has 0 aliphatic heterocycles. The summed E-state index contributed by atoms with van der Waals surface area (Å²) in [7, 11) is 4.74. The van der Waals surface area contributed by atoms with Crippen molar-refractivity contribution in [3.05, 3.63) is 54.7 Å². The maximum absolute atomic E-state index is 13.2. The van der Waals surface area contributed by atoms with E-state index in [0.29, 0.717) is 36.3 Å². The Morgan fingerprint density at radius 3 is 2.43 bits per heavy atom. The van der Waals surface area contributed by atoms with Gasteiger partial charge in [-0.05, 0) is 25.0 Å². The molecule has 1 aliphatic carbocycles. The lowest BCUT2D eigenvalue weighted by molar-refractivity contribution is -0.138. The summed E-state index contributed by atoms with van der Waals surface area (Å²) in [6.45, 7) is 0.654. The highest BCUT2D eigenvalue weighted by Crippen LogP contribution is 2.32. The fourth-order valence-electron chi connectivity index (χ4n) is 4.63. The fourth-order valence-corrected chi connectivity index (χ4v) is 4.63. The Balaban J connectivity index is 1.62. The summed E-state index contributed by atoms with van der Waals surface area (Å²) in [6.07, 6.45) is 5.69. The van der Waals surface area contributed by atoms with Crippen molar-refractivity contribution in [1.29, 1.82) is 0 Å². The molecule has 2 aromatic carbocycles. The normalized spacial score (nSPS) is 13.4. The quantitative estimate of drug-likeness (QED) is 0.420. The minimum atomic E-state index is -0.325. The molecule has 1 aromatic heterocycles. The van der Waals surface area contributed by atoms with Crippen molar-refractivity contribution < 1.29 is 23.8 Å². The first-order valence-corrected chi connectivity index (χ1v) is 12.5. The monoisotopic (exact) mass is 506 g/mol. The van der Waals surface area contributed by atoms with Crippen LogP contribution in [0.15, 0.2) is 54.7 Å². The van der Waals surface area contributed by atoms with Crippen molar-refractivity contribution in [1.82, 2.24) is 14.5 Å². The van der Waals surface area contributed by atoms with E-state index in [-0.39, 0.29) is 24.3 Å². The highest BCUT2D eigenvalue weighted by atomic mass is 16.5. The first-order chi connectivity index (χ1) is 18.0. The summed E-state index contributed by atoms with van der Waals surface area (Å²) in [5.74, 6) is 1.16. The average molecular weight is 507 g/mol. The maximum Gasteiger partial charge on any atom is 0.246 e. The van der Waals surface area contributed by atoms with Crippen molar-refractivity contribution in [2.75, 3.05) is 46.3 Å². The molecule has 0 bridgehead atoms. The molecule has 0 saturated heterocycles. The van der Waals surface area contributed by atoms with Gasteiger partial charge in [0.2, 0.25) is 17.8 Å². The summed E-state index contributed by atoms with van der Waals surface area (Å²) in [6, 6.07) is 15.2. The van der Waals surface area contributed by atoms with E-state index >= 15 is 0 Å². The minimum absolute atomic E-state index is 0.0120. The Bertz CT molecular complexity index is 1200. The number of amides is 2. The predicted molar refractivity (Wildman–Crippen MR) is 141 cm³/mol. The van der Waals surface area contributed by atoms with E-state index < -0.39 is 0 Å². The van der Waals surface area contributed by atoms with E-state index in [1.165, 1.54) is 0 Å². The fraction of sp³-hybridized carbons (Fsp3) is 0.393. The van der Waals surface area contributed by atoms with Crippen molar-refractivity contribution in [3.8, 4) is 28.4 Å². The zero-order valence-corrected chi connectivity index (χ0v) is 21.6. The number of rotatable bonds is 11. The van der Waals surface area contributed by atoms with Gasteiger partial charge >= 0.3 is 0 Å². The molecule has 1 heterocycles. The number of nitrogens with zero attached hydrogens (tertiary/aromatic N) is 3. The van der Waals surface area contributed by atoms with E-state index in [2.05, 4.69) is 5.32 Å². The van der Waals surface area contributed by atoms with Gasteiger partial charge in [-0.25, -0.2) is 4.98 Å². The molecule has 2 amide bonds. The lowest BCUT2D eigenvalue weighted by atomic mass is 10.1. The molecular weight excluding hydrogens is 472 g/mol. The lowest BCUT2D eigenvalue weighted by Crippen LogP contribution is -2.42. The summed E-state index contributed by atoms with van der Waals surface area (Å²) >= 11 is 0. The summed E-state index contributed by atoms with van der Waals surface area (Å²) in [5, 5.41) is 2.92. The average Bonchev–Trinajstić information content (AvgIpc) is 3.61. The number of imidazole rings is 1. The number of carbonyl (C=O) groups excluding carboxylic acids is 2. The second-order valence-electron chi connectivity index (χ2n) is 9.01. The second-order valence-corrected chi connectivity index (χ2v) is 9.01. The van der Waals surface area contributed by atoms with Crippen molar-refractivity contribution >= 4 is 17.8 Å². The molecule has 0 unspecified atom stereocenters. The molecule has 9 nitrogen and oxygen atoms in total. The molecule has 4 rings (SSSR count). The van der Waals surface area contributed by atoms with E-state index in [4.69, 9.17) is 19.2 Å². The standard InChI is InChI=1S/C28H34N4O5/c1-35-16-15-31(27(34)21-11-7-8-12-21)19-26(33)30-28-29-23(20-9-5-4-6-10-20)18-32(28)22-13-14-24(36-2)25(17-22)37-3/h4-6,9-10,13-14,17-18,21H,7-8,11-12,15-16,19H2,1-3H3,(H,29,30,33). The molecule has 1 fully saturated rings. The smallest absolute Gasteiger partial charge is 0.246 e. The van der Waals surface area contributed by atoms with Gasteiger partial charge in [0, 0.05) is 37.4 Å². The van der Waals surface area contributed by atoms with E-state index in [9.17, 15) is 9.59 Å². The zero-order valence-electron chi connectivity index (χ0n) is 21.6. The van der Waals surface area contributed by atoms with Crippen molar-refractivity contribution in [2.45, 2.75) is 25.7 Å². The Labute approximate surface area is 217 Å². The van der Waals surface area contributed by atoms with Gasteiger partial charge in [0.05, 0.1) is 32.2 Å². The summed E-state index contributed by atoms with van der Waals surface area (Å²) in [5.41, 5.74) is 2.35. The van der Waals surface area contributed by atoms with Gasteiger partial charge in [-0.3, -0.25) is 19.5 Å².